The highest BCUT2D eigenvalue weighted by Gasteiger charge is 2.50. The van der Waals surface area contributed by atoms with Crippen LogP contribution in [-0.4, -0.2) is 48.3 Å². The topological polar surface area (TPSA) is 113 Å². The van der Waals surface area contributed by atoms with Crippen molar-refractivity contribution in [1.29, 1.82) is 0 Å². The van der Waals surface area contributed by atoms with Crippen molar-refractivity contribution in [3.05, 3.63) is 11.5 Å². The van der Waals surface area contributed by atoms with Crippen LogP contribution in [-0.2, 0) is 14.8 Å². The summed E-state index contributed by atoms with van der Waals surface area (Å²) < 4.78 is 31.1. The van der Waals surface area contributed by atoms with Gasteiger partial charge < -0.3 is 9.84 Å². The first kappa shape index (κ1) is 21.3. The summed E-state index contributed by atoms with van der Waals surface area (Å²) in [6, 6.07) is 0. The predicted molar refractivity (Wildman–Crippen MR) is 93.6 cm³/mol. The molecule has 1 aliphatic heterocycles. The van der Waals surface area contributed by atoms with E-state index in [1.807, 2.05) is 25.5 Å². The highest BCUT2D eigenvalue weighted by molar-refractivity contribution is 7.92. The van der Waals surface area contributed by atoms with Gasteiger partial charge in [0.25, 0.3) is 10.0 Å². The molecule has 9 heteroatoms. The van der Waals surface area contributed by atoms with E-state index in [0.29, 0.717) is 19.4 Å². The normalized spacial score (nSPS) is 22.2. The van der Waals surface area contributed by atoms with Gasteiger partial charge in [-0.3, -0.25) is 4.90 Å². The molecule has 0 aromatic rings. The van der Waals surface area contributed by atoms with Gasteiger partial charge in [-0.15, -0.1) is 0 Å². The second-order valence-electron chi connectivity index (χ2n) is 8.16. The molecule has 1 rings (SSSR count). The van der Waals surface area contributed by atoms with Crippen molar-refractivity contribution in [2.24, 2.45) is 5.41 Å². The quantitative estimate of drug-likeness (QED) is 0.783. The fraction of sp³-hybridized carbons (Fsp3) is 0.750. The van der Waals surface area contributed by atoms with Crippen molar-refractivity contribution in [3.63, 3.8) is 0 Å². The number of carbonyl (C=O) groups is 2. The van der Waals surface area contributed by atoms with Gasteiger partial charge >= 0.3 is 12.2 Å². The summed E-state index contributed by atoms with van der Waals surface area (Å²) in [7, 11) is -4.11. The van der Waals surface area contributed by atoms with Crippen molar-refractivity contribution in [3.8, 4) is 0 Å². The SMILES string of the molecule is CC(C)(C)OC(=O)NS(=O)(=O)/C=C/[C@@]1(C(C)(C)C)CCCN1C(=O)O. The molecule has 1 heterocycles. The van der Waals surface area contributed by atoms with E-state index in [4.69, 9.17) is 4.74 Å². The average Bonchev–Trinajstić information content (AvgIpc) is 2.77. The Balaban J connectivity index is 3.09. The molecule has 0 bridgehead atoms. The van der Waals surface area contributed by atoms with Crippen LogP contribution in [0.4, 0.5) is 9.59 Å². The second-order valence-corrected chi connectivity index (χ2v) is 9.73. The van der Waals surface area contributed by atoms with Gasteiger partial charge in [-0.2, -0.15) is 0 Å². The predicted octanol–water partition coefficient (Wildman–Crippen LogP) is 2.91. The number of hydrogen-bond donors (Lipinski definition) is 2. The van der Waals surface area contributed by atoms with Crippen molar-refractivity contribution in [1.82, 2.24) is 9.62 Å². The van der Waals surface area contributed by atoms with E-state index in [1.165, 1.54) is 11.0 Å². The molecular formula is C16H28N2O6S. The molecule has 1 fully saturated rings. The zero-order chi connectivity index (χ0) is 19.7. The maximum atomic E-state index is 12.2. The van der Waals surface area contributed by atoms with E-state index in [0.717, 1.165) is 5.41 Å². The van der Waals surface area contributed by atoms with E-state index in [-0.39, 0.29) is 0 Å². The Kier molecular flexibility index (Phi) is 5.83. The number of carboxylic acid groups (broad SMARTS) is 1. The maximum Gasteiger partial charge on any atom is 0.421 e. The van der Waals surface area contributed by atoms with Gasteiger partial charge in [-0.25, -0.2) is 22.7 Å². The Hall–Kier alpha value is -1.77. The van der Waals surface area contributed by atoms with Gasteiger partial charge in [0.05, 0.1) is 5.54 Å². The molecule has 1 aliphatic rings. The molecule has 0 aromatic carbocycles. The van der Waals surface area contributed by atoms with E-state index in [1.54, 1.807) is 20.8 Å². The Labute approximate surface area is 149 Å². The van der Waals surface area contributed by atoms with Crippen LogP contribution in [0, 0.1) is 5.41 Å². The molecule has 8 nitrogen and oxygen atoms in total. The van der Waals surface area contributed by atoms with Crippen LogP contribution in [0.1, 0.15) is 54.4 Å². The lowest BCUT2D eigenvalue weighted by Gasteiger charge is -2.45. The van der Waals surface area contributed by atoms with Gasteiger partial charge in [0.2, 0.25) is 0 Å². The molecule has 144 valence electrons. The van der Waals surface area contributed by atoms with Crippen LogP contribution in [0.5, 0.6) is 0 Å². The Morgan fingerprint density at radius 2 is 1.76 bits per heavy atom. The number of nitrogens with one attached hydrogen (secondary N) is 1. The zero-order valence-corrected chi connectivity index (χ0v) is 16.4. The minimum Gasteiger partial charge on any atom is -0.465 e. The molecule has 25 heavy (non-hydrogen) atoms. The number of likely N-dealkylation sites (tertiary alicyclic amines) is 1. The van der Waals surface area contributed by atoms with Crippen LogP contribution in [0.25, 0.3) is 0 Å². The standard InChI is InChI=1S/C16H28N2O6S/c1-14(2,3)16(8-7-10-18(16)13(20)21)9-11-25(22,23)17-12(19)24-15(4,5)6/h9,11H,7-8,10H2,1-6H3,(H,17,19)(H,20,21)/b11-9+/t16-/m1/s1. The van der Waals surface area contributed by atoms with Gasteiger partial charge in [-0.05, 0) is 45.1 Å². The minimum atomic E-state index is -4.11. The summed E-state index contributed by atoms with van der Waals surface area (Å²) in [4.78, 5) is 24.5. The van der Waals surface area contributed by atoms with Crippen LogP contribution in [0.15, 0.2) is 11.5 Å². The number of amides is 2. The number of hydrogen-bond acceptors (Lipinski definition) is 5. The van der Waals surface area contributed by atoms with E-state index < -0.39 is 38.8 Å². The zero-order valence-electron chi connectivity index (χ0n) is 15.6. The highest BCUT2D eigenvalue weighted by Crippen LogP contribution is 2.44. The second kappa shape index (κ2) is 6.86. The van der Waals surface area contributed by atoms with Gasteiger partial charge in [-0.1, -0.05) is 20.8 Å². The molecule has 0 aliphatic carbocycles. The van der Waals surface area contributed by atoms with E-state index in [9.17, 15) is 23.1 Å². The maximum absolute atomic E-state index is 12.2. The number of carbonyl (C=O) groups excluding carboxylic acids is 1. The lowest BCUT2D eigenvalue weighted by atomic mass is 9.72. The van der Waals surface area contributed by atoms with Crippen molar-refractivity contribution < 1.29 is 27.9 Å². The number of rotatable bonds is 3. The van der Waals surface area contributed by atoms with Crippen LogP contribution in [0.3, 0.4) is 0 Å². The van der Waals surface area contributed by atoms with Crippen LogP contribution >= 0.6 is 0 Å². The number of sulfonamides is 1. The first-order valence-corrected chi connectivity index (χ1v) is 9.60. The molecule has 0 saturated carbocycles. The Bertz CT molecular complexity index is 657. The van der Waals surface area contributed by atoms with Gasteiger partial charge in [0, 0.05) is 12.0 Å². The monoisotopic (exact) mass is 376 g/mol. The molecule has 0 aromatic heterocycles. The Morgan fingerprint density at radius 3 is 2.20 bits per heavy atom. The Morgan fingerprint density at radius 1 is 1.20 bits per heavy atom. The summed E-state index contributed by atoms with van der Waals surface area (Å²) in [5, 5.41) is 10.3. The minimum absolute atomic E-state index is 0.330. The average molecular weight is 376 g/mol. The van der Waals surface area contributed by atoms with E-state index >= 15 is 0 Å². The lowest BCUT2D eigenvalue weighted by Crippen LogP contribution is -2.54. The van der Waals surface area contributed by atoms with E-state index in [2.05, 4.69) is 0 Å². The fourth-order valence-corrected chi connectivity index (χ4v) is 3.71. The summed E-state index contributed by atoms with van der Waals surface area (Å²) in [5.41, 5.74) is -2.33. The van der Waals surface area contributed by atoms with Gasteiger partial charge in [0.1, 0.15) is 5.60 Å². The number of nitrogens with zero attached hydrogens (tertiary/aromatic N) is 1. The molecule has 1 atom stereocenters. The molecular weight excluding hydrogens is 348 g/mol. The third-order valence-corrected chi connectivity index (χ3v) is 5.04. The molecule has 0 spiro atoms. The third-order valence-electron chi connectivity index (χ3n) is 4.10. The molecule has 2 amide bonds. The third kappa shape index (κ3) is 5.35. The van der Waals surface area contributed by atoms with Crippen LogP contribution < -0.4 is 4.72 Å². The summed E-state index contributed by atoms with van der Waals surface area (Å²) in [5.74, 6) is 0. The highest BCUT2D eigenvalue weighted by atomic mass is 32.2. The summed E-state index contributed by atoms with van der Waals surface area (Å²) >= 11 is 0. The largest absolute Gasteiger partial charge is 0.465 e. The summed E-state index contributed by atoms with van der Waals surface area (Å²) in [6.45, 7) is 10.7. The van der Waals surface area contributed by atoms with Crippen molar-refractivity contribution >= 4 is 22.2 Å². The molecule has 0 unspecified atom stereocenters. The number of ether oxygens (including phenoxy) is 1. The molecule has 0 radical (unpaired) electrons. The molecule has 2 N–H and O–H groups in total. The van der Waals surface area contributed by atoms with Gasteiger partial charge in [0.15, 0.2) is 0 Å². The lowest BCUT2D eigenvalue weighted by molar-refractivity contribution is 0.0569. The van der Waals surface area contributed by atoms with Crippen molar-refractivity contribution in [2.75, 3.05) is 6.54 Å². The molecule has 1 saturated heterocycles. The fourth-order valence-electron chi connectivity index (χ4n) is 2.96. The first-order valence-electron chi connectivity index (χ1n) is 8.05. The first-order chi connectivity index (χ1) is 11.1. The van der Waals surface area contributed by atoms with Crippen molar-refractivity contribution in [2.45, 2.75) is 65.5 Å². The van der Waals surface area contributed by atoms with Crippen LogP contribution in [0.2, 0.25) is 0 Å². The summed E-state index contributed by atoms with van der Waals surface area (Å²) in [6.07, 6.45) is 0.313. The smallest absolute Gasteiger partial charge is 0.421 e.